The molecule has 0 aromatic heterocycles. The van der Waals surface area contributed by atoms with Crippen LogP contribution in [0.25, 0.3) is 0 Å². The summed E-state index contributed by atoms with van der Waals surface area (Å²) < 4.78 is 42.8. The normalized spacial score (nSPS) is 19.6. The molecule has 1 aromatic rings. The Morgan fingerprint density at radius 3 is 2.96 bits per heavy atom. The maximum atomic E-state index is 14.8. The highest BCUT2D eigenvalue weighted by Gasteiger charge is 2.32. The molecule has 0 bridgehead atoms. The van der Waals surface area contributed by atoms with Gasteiger partial charge in [-0.15, -0.1) is 0 Å². The molecule has 4 N–H and O–H groups in total. The van der Waals surface area contributed by atoms with Gasteiger partial charge in [-0.1, -0.05) is 0 Å². The molecule has 2 heterocycles. The number of halogens is 3. The molecule has 0 aliphatic carbocycles. The first-order chi connectivity index (χ1) is 11.5. The number of phenolic OH excluding ortho intramolecular Hbond substituents is 1. The van der Waals surface area contributed by atoms with E-state index in [4.69, 9.17) is 0 Å². The van der Waals surface area contributed by atoms with Crippen molar-refractivity contribution in [3.63, 3.8) is 0 Å². The van der Waals surface area contributed by atoms with E-state index in [-0.39, 0.29) is 42.9 Å². The summed E-state index contributed by atoms with van der Waals surface area (Å²) in [6.45, 7) is 0.554. The molecule has 1 amide bonds. The number of alkyl halides is 2. The fourth-order valence-corrected chi connectivity index (χ4v) is 3.51. The topological polar surface area (TPSA) is 76.6 Å². The average molecular weight is 362 g/mol. The van der Waals surface area contributed by atoms with E-state index in [2.05, 4.69) is 15.4 Å². The molecule has 1 fully saturated rings. The molecule has 10 heteroatoms. The largest absolute Gasteiger partial charge is 0.506 e. The van der Waals surface area contributed by atoms with Crippen molar-refractivity contribution in [2.24, 2.45) is 0 Å². The fourth-order valence-electron chi connectivity index (χ4n) is 2.79. The molecule has 2 aliphatic rings. The third-order valence-corrected chi connectivity index (χ3v) is 4.72. The van der Waals surface area contributed by atoms with Gasteiger partial charge in [0.2, 0.25) is 6.43 Å². The molecule has 24 heavy (non-hydrogen) atoms. The minimum atomic E-state index is -2.35. The molecule has 0 saturated carbocycles. The molecule has 2 aliphatic heterocycles. The first-order valence-electron chi connectivity index (χ1n) is 7.48. The number of benzene rings is 1. The van der Waals surface area contributed by atoms with Gasteiger partial charge in [0, 0.05) is 42.9 Å². The van der Waals surface area contributed by atoms with Crippen LogP contribution in [0.1, 0.15) is 12.0 Å². The lowest BCUT2D eigenvalue weighted by Gasteiger charge is -2.17. The minimum Gasteiger partial charge on any atom is -0.506 e. The number of nitrogens with zero attached hydrogens (tertiary/aromatic N) is 1. The van der Waals surface area contributed by atoms with Gasteiger partial charge in [-0.05, 0) is 6.42 Å². The van der Waals surface area contributed by atoms with Gasteiger partial charge in [-0.3, -0.25) is 13.8 Å². The van der Waals surface area contributed by atoms with E-state index >= 15 is 0 Å². The highest BCUT2D eigenvalue weighted by Crippen LogP contribution is 2.42. The SMILES string of the molecule is O=C1CN(c2c(O)cc3c(c2F)CC(CNCCC(F)F)N3)SN1. The number of fused-ring (bicyclic) bond motifs is 1. The lowest BCUT2D eigenvalue weighted by atomic mass is 10.1. The van der Waals surface area contributed by atoms with E-state index < -0.39 is 12.2 Å². The summed E-state index contributed by atoms with van der Waals surface area (Å²) in [6, 6.07) is 1.28. The molecule has 1 saturated heterocycles. The predicted octanol–water partition coefficient (Wildman–Crippen LogP) is 1.61. The second-order valence-electron chi connectivity index (χ2n) is 5.67. The number of anilines is 2. The Hall–Kier alpha value is -1.81. The Labute approximate surface area is 141 Å². The number of amides is 1. The van der Waals surface area contributed by atoms with Crippen LogP contribution < -0.4 is 19.7 Å². The van der Waals surface area contributed by atoms with Crippen LogP contribution >= 0.6 is 12.1 Å². The Morgan fingerprint density at radius 2 is 2.29 bits per heavy atom. The maximum absolute atomic E-state index is 14.8. The summed E-state index contributed by atoms with van der Waals surface area (Å²) in [4.78, 5) is 11.3. The quantitative estimate of drug-likeness (QED) is 0.455. The van der Waals surface area contributed by atoms with Crippen LogP contribution in [0, 0.1) is 5.82 Å². The smallest absolute Gasteiger partial charge is 0.251 e. The summed E-state index contributed by atoms with van der Waals surface area (Å²) in [5, 5.41) is 16.1. The van der Waals surface area contributed by atoms with Gasteiger partial charge in [0.15, 0.2) is 5.82 Å². The number of aromatic hydroxyl groups is 1. The zero-order chi connectivity index (χ0) is 17.3. The molecule has 132 valence electrons. The summed E-state index contributed by atoms with van der Waals surface area (Å²) in [5.41, 5.74) is 0.881. The summed E-state index contributed by atoms with van der Waals surface area (Å²) in [5.74, 6) is -1.09. The summed E-state index contributed by atoms with van der Waals surface area (Å²) >= 11 is 0.928. The lowest BCUT2D eigenvalue weighted by Crippen LogP contribution is -2.32. The van der Waals surface area contributed by atoms with Crippen molar-refractivity contribution in [3.8, 4) is 5.75 Å². The Kier molecular flexibility index (Phi) is 4.95. The standard InChI is InChI=1S/C14H17F3N4O2S/c15-11(16)1-2-18-5-7-3-8-9(19-7)4-10(22)14(13(8)17)21-6-12(23)20-24-21/h4,7,11,18-19,22H,1-3,5-6H2,(H,20,23). The third kappa shape index (κ3) is 3.48. The van der Waals surface area contributed by atoms with Crippen molar-refractivity contribution in [3.05, 3.63) is 17.4 Å². The molecular formula is C14H17F3N4O2S. The van der Waals surface area contributed by atoms with E-state index in [1.807, 2.05) is 0 Å². The van der Waals surface area contributed by atoms with E-state index in [0.29, 0.717) is 24.2 Å². The van der Waals surface area contributed by atoms with Gasteiger partial charge in [0.05, 0.1) is 12.1 Å². The van der Waals surface area contributed by atoms with E-state index in [1.54, 1.807) is 0 Å². The third-order valence-electron chi connectivity index (χ3n) is 3.87. The Balaban J connectivity index is 1.68. The summed E-state index contributed by atoms with van der Waals surface area (Å²) in [6.07, 6.45) is -2.21. The number of phenols is 1. The Morgan fingerprint density at radius 1 is 1.50 bits per heavy atom. The number of rotatable bonds is 6. The van der Waals surface area contributed by atoms with Crippen LogP contribution in [0.5, 0.6) is 5.75 Å². The second kappa shape index (κ2) is 6.98. The minimum absolute atomic E-state index is 0.0230. The molecule has 1 unspecified atom stereocenters. The zero-order valence-corrected chi connectivity index (χ0v) is 13.4. The van der Waals surface area contributed by atoms with Crippen LogP contribution in [0.4, 0.5) is 24.5 Å². The number of hydrogen-bond donors (Lipinski definition) is 4. The molecule has 0 radical (unpaired) electrons. The van der Waals surface area contributed by atoms with Crippen molar-refractivity contribution < 1.29 is 23.1 Å². The van der Waals surface area contributed by atoms with Crippen molar-refractivity contribution in [2.75, 3.05) is 29.3 Å². The van der Waals surface area contributed by atoms with E-state index in [1.165, 1.54) is 10.4 Å². The predicted molar refractivity (Wildman–Crippen MR) is 85.7 cm³/mol. The van der Waals surface area contributed by atoms with Gasteiger partial charge in [0.1, 0.15) is 18.0 Å². The van der Waals surface area contributed by atoms with Crippen molar-refractivity contribution in [2.45, 2.75) is 25.3 Å². The highest BCUT2D eigenvalue weighted by molar-refractivity contribution is 7.99. The van der Waals surface area contributed by atoms with Crippen LogP contribution in [0.2, 0.25) is 0 Å². The van der Waals surface area contributed by atoms with Crippen LogP contribution in [0.3, 0.4) is 0 Å². The number of hydrogen-bond acceptors (Lipinski definition) is 6. The fraction of sp³-hybridized carbons (Fsp3) is 0.500. The molecule has 6 nitrogen and oxygen atoms in total. The van der Waals surface area contributed by atoms with Gasteiger partial charge in [-0.2, -0.15) is 0 Å². The number of nitrogens with one attached hydrogen (secondary N) is 3. The monoisotopic (exact) mass is 362 g/mol. The lowest BCUT2D eigenvalue weighted by molar-refractivity contribution is -0.117. The molecule has 0 spiro atoms. The van der Waals surface area contributed by atoms with Crippen molar-refractivity contribution >= 4 is 29.4 Å². The van der Waals surface area contributed by atoms with Crippen LogP contribution in [0.15, 0.2) is 6.07 Å². The number of carbonyl (C=O) groups is 1. The maximum Gasteiger partial charge on any atom is 0.251 e. The van der Waals surface area contributed by atoms with Gasteiger partial charge in [-0.25, -0.2) is 13.2 Å². The first-order valence-corrected chi connectivity index (χ1v) is 8.26. The average Bonchev–Trinajstić information content (AvgIpc) is 3.10. The highest BCUT2D eigenvalue weighted by atomic mass is 32.2. The first kappa shape index (κ1) is 17.0. The van der Waals surface area contributed by atoms with Crippen molar-refractivity contribution in [1.29, 1.82) is 0 Å². The molecule has 1 atom stereocenters. The van der Waals surface area contributed by atoms with Crippen LogP contribution in [-0.2, 0) is 11.2 Å². The van der Waals surface area contributed by atoms with Crippen LogP contribution in [-0.4, -0.2) is 43.1 Å². The van der Waals surface area contributed by atoms with E-state index in [9.17, 15) is 23.1 Å². The second-order valence-corrected chi connectivity index (χ2v) is 6.49. The van der Waals surface area contributed by atoms with Gasteiger partial charge in [0.25, 0.3) is 5.91 Å². The molecule has 3 rings (SSSR count). The van der Waals surface area contributed by atoms with E-state index in [0.717, 1.165) is 12.1 Å². The molecule has 1 aromatic carbocycles. The van der Waals surface area contributed by atoms with Gasteiger partial charge < -0.3 is 15.7 Å². The van der Waals surface area contributed by atoms with Crippen molar-refractivity contribution in [1.82, 2.24) is 10.0 Å². The zero-order valence-electron chi connectivity index (χ0n) is 12.6. The molecular weight excluding hydrogens is 345 g/mol. The number of carbonyl (C=O) groups excluding carboxylic acids is 1. The van der Waals surface area contributed by atoms with Gasteiger partial charge >= 0.3 is 0 Å². The summed E-state index contributed by atoms with van der Waals surface area (Å²) in [7, 11) is 0. The Bertz CT molecular complexity index is 647.